The number of rotatable bonds is 15. The van der Waals surface area contributed by atoms with Gasteiger partial charge in [0, 0.05) is 24.7 Å². The number of nitrogens with one attached hydrogen (secondary N) is 2. The van der Waals surface area contributed by atoms with E-state index >= 15 is 0 Å². The van der Waals surface area contributed by atoms with Crippen molar-refractivity contribution in [2.45, 2.75) is 36.6 Å². The van der Waals surface area contributed by atoms with Crippen molar-refractivity contribution < 1.29 is 23.9 Å². The Morgan fingerprint density at radius 1 is 1.18 bits per heavy atom. The summed E-state index contributed by atoms with van der Waals surface area (Å²) in [7, 11) is 0. The van der Waals surface area contributed by atoms with E-state index in [1.807, 2.05) is 30.3 Å². The zero-order valence-corrected chi connectivity index (χ0v) is 20.2. The number of allylic oxidation sites excluding steroid dienone is 1. The normalized spacial score (nSPS) is 21.2. The summed E-state index contributed by atoms with van der Waals surface area (Å²) in [6, 6.07) is 7.30. The number of benzene rings is 1. The summed E-state index contributed by atoms with van der Waals surface area (Å²) in [6.07, 6.45) is 4.38. The highest BCUT2D eigenvalue weighted by Crippen LogP contribution is 2.40. The quantitative estimate of drug-likeness (QED) is 0.195. The van der Waals surface area contributed by atoms with Crippen molar-refractivity contribution in [3.05, 3.63) is 36.9 Å². The number of hydrogen-bond acceptors (Lipinski definition) is 7. The molecule has 0 radical (unpaired) electrons. The van der Waals surface area contributed by atoms with Crippen LogP contribution in [-0.4, -0.2) is 68.2 Å². The van der Waals surface area contributed by atoms with Gasteiger partial charge in [0.2, 0.25) is 17.7 Å². The van der Waals surface area contributed by atoms with E-state index in [1.54, 1.807) is 4.90 Å². The molecule has 1 saturated carbocycles. The third kappa shape index (κ3) is 7.75. The van der Waals surface area contributed by atoms with Crippen LogP contribution >= 0.6 is 11.9 Å². The Bertz CT molecular complexity index is 868. The first-order chi connectivity index (χ1) is 16.5. The lowest BCUT2D eigenvalue weighted by molar-refractivity contribution is -0.138. The SMILES string of the molecule is C=C[C@@H]1CC1C(=O)NSc1ccccc1NCCOCCOCCC(=O)N1CCCC1C(N)=O. The number of carbonyl (C=O) groups excluding carboxylic acids is 3. The summed E-state index contributed by atoms with van der Waals surface area (Å²) in [4.78, 5) is 38.2. The molecule has 0 bridgehead atoms. The summed E-state index contributed by atoms with van der Waals surface area (Å²) in [5, 5.41) is 3.32. The zero-order chi connectivity index (χ0) is 24.3. The molecule has 1 heterocycles. The van der Waals surface area contributed by atoms with Gasteiger partial charge in [0.05, 0.1) is 37.7 Å². The van der Waals surface area contributed by atoms with Crippen molar-refractivity contribution in [1.82, 2.24) is 9.62 Å². The van der Waals surface area contributed by atoms with Crippen LogP contribution in [-0.2, 0) is 23.9 Å². The van der Waals surface area contributed by atoms with Crippen LogP contribution in [0.3, 0.4) is 0 Å². The second-order valence-electron chi connectivity index (χ2n) is 8.36. The molecule has 2 unspecified atom stereocenters. The van der Waals surface area contributed by atoms with Gasteiger partial charge in [-0.1, -0.05) is 18.2 Å². The van der Waals surface area contributed by atoms with E-state index in [-0.39, 0.29) is 30.8 Å². The Morgan fingerprint density at radius 3 is 2.68 bits per heavy atom. The number of amides is 3. The van der Waals surface area contributed by atoms with E-state index in [4.69, 9.17) is 15.2 Å². The Balaban J connectivity index is 1.23. The Labute approximate surface area is 204 Å². The number of nitrogens with two attached hydrogens (primary N) is 1. The maximum atomic E-state index is 12.2. The molecule has 1 aliphatic heterocycles. The third-order valence-electron chi connectivity index (χ3n) is 5.92. The van der Waals surface area contributed by atoms with Crippen LogP contribution in [0.1, 0.15) is 25.7 Å². The monoisotopic (exact) mass is 490 g/mol. The molecule has 4 N–H and O–H groups in total. The summed E-state index contributed by atoms with van der Waals surface area (Å²) in [5.41, 5.74) is 6.28. The van der Waals surface area contributed by atoms with E-state index in [0.29, 0.717) is 45.2 Å². The van der Waals surface area contributed by atoms with E-state index < -0.39 is 11.9 Å². The van der Waals surface area contributed by atoms with Crippen LogP contribution in [0.5, 0.6) is 0 Å². The van der Waals surface area contributed by atoms with Crippen molar-refractivity contribution >= 4 is 35.4 Å². The van der Waals surface area contributed by atoms with Crippen molar-refractivity contribution in [2.75, 3.05) is 44.8 Å². The van der Waals surface area contributed by atoms with Gasteiger partial charge in [-0.15, -0.1) is 6.58 Å². The van der Waals surface area contributed by atoms with Crippen molar-refractivity contribution in [3.8, 4) is 0 Å². The average Bonchev–Trinajstić information content (AvgIpc) is 3.46. The van der Waals surface area contributed by atoms with Crippen LogP contribution in [0.15, 0.2) is 41.8 Å². The molecule has 186 valence electrons. The van der Waals surface area contributed by atoms with E-state index in [9.17, 15) is 14.4 Å². The first kappa shape index (κ1) is 26.1. The zero-order valence-electron chi connectivity index (χ0n) is 19.4. The Hall–Kier alpha value is -2.56. The smallest absolute Gasteiger partial charge is 0.240 e. The largest absolute Gasteiger partial charge is 0.382 e. The molecule has 10 heteroatoms. The van der Waals surface area contributed by atoms with Gasteiger partial charge in [-0.2, -0.15) is 0 Å². The number of anilines is 1. The molecule has 3 atom stereocenters. The minimum atomic E-state index is -0.481. The predicted octanol–water partition coefficient (Wildman–Crippen LogP) is 1.94. The van der Waals surface area contributed by atoms with Crippen LogP contribution in [0, 0.1) is 11.8 Å². The van der Waals surface area contributed by atoms with Gasteiger partial charge in [-0.25, -0.2) is 0 Å². The van der Waals surface area contributed by atoms with Crippen LogP contribution in [0.25, 0.3) is 0 Å². The minimum absolute atomic E-state index is 0.0443. The molecule has 3 rings (SSSR count). The fraction of sp³-hybridized carbons (Fsp3) is 0.542. The first-order valence-corrected chi connectivity index (χ1v) is 12.5. The summed E-state index contributed by atoms with van der Waals surface area (Å²) in [5.74, 6) is -0.152. The van der Waals surface area contributed by atoms with Crippen molar-refractivity contribution in [1.29, 1.82) is 0 Å². The molecule has 1 saturated heterocycles. The van der Waals surface area contributed by atoms with E-state index in [1.165, 1.54) is 11.9 Å². The predicted molar refractivity (Wildman–Crippen MR) is 131 cm³/mol. The second kappa shape index (κ2) is 13.4. The lowest BCUT2D eigenvalue weighted by Gasteiger charge is -2.22. The number of para-hydroxylation sites is 1. The lowest BCUT2D eigenvalue weighted by atomic mass is 10.2. The Kier molecular flexibility index (Phi) is 10.2. The van der Waals surface area contributed by atoms with Crippen LogP contribution < -0.4 is 15.8 Å². The molecule has 0 spiro atoms. The topological polar surface area (TPSA) is 123 Å². The molecular weight excluding hydrogens is 456 g/mol. The molecule has 3 amide bonds. The second-order valence-corrected chi connectivity index (χ2v) is 9.20. The molecule has 9 nitrogen and oxygen atoms in total. The number of carbonyl (C=O) groups is 3. The minimum Gasteiger partial charge on any atom is -0.382 e. The van der Waals surface area contributed by atoms with E-state index in [2.05, 4.69) is 16.6 Å². The molecule has 1 aromatic rings. The van der Waals surface area contributed by atoms with Gasteiger partial charge in [0.1, 0.15) is 6.04 Å². The highest BCUT2D eigenvalue weighted by atomic mass is 32.2. The molecule has 2 fully saturated rings. The number of primary amides is 1. The van der Waals surface area contributed by atoms with Crippen LogP contribution in [0.4, 0.5) is 5.69 Å². The third-order valence-corrected chi connectivity index (χ3v) is 6.80. The maximum absolute atomic E-state index is 12.2. The molecular formula is C24H34N4O5S. The van der Waals surface area contributed by atoms with Gasteiger partial charge in [0.15, 0.2) is 0 Å². The van der Waals surface area contributed by atoms with Gasteiger partial charge < -0.3 is 25.4 Å². The highest BCUT2D eigenvalue weighted by molar-refractivity contribution is 7.98. The van der Waals surface area contributed by atoms with Crippen LogP contribution in [0.2, 0.25) is 0 Å². The first-order valence-electron chi connectivity index (χ1n) is 11.7. The van der Waals surface area contributed by atoms with E-state index in [0.717, 1.165) is 23.4 Å². The number of likely N-dealkylation sites (tertiary alicyclic amines) is 1. The van der Waals surface area contributed by atoms with Gasteiger partial charge in [-0.3, -0.25) is 19.1 Å². The summed E-state index contributed by atoms with van der Waals surface area (Å²) in [6.45, 7) is 6.50. The highest BCUT2D eigenvalue weighted by Gasteiger charge is 2.40. The van der Waals surface area contributed by atoms with Crippen molar-refractivity contribution in [3.63, 3.8) is 0 Å². The van der Waals surface area contributed by atoms with Gasteiger partial charge in [-0.05, 0) is 49.3 Å². The maximum Gasteiger partial charge on any atom is 0.240 e. The Morgan fingerprint density at radius 2 is 1.94 bits per heavy atom. The van der Waals surface area contributed by atoms with Gasteiger partial charge in [0.25, 0.3) is 0 Å². The molecule has 1 aromatic carbocycles. The molecule has 2 aliphatic rings. The molecule has 34 heavy (non-hydrogen) atoms. The van der Waals surface area contributed by atoms with Crippen molar-refractivity contribution in [2.24, 2.45) is 17.6 Å². The fourth-order valence-electron chi connectivity index (χ4n) is 3.90. The lowest BCUT2D eigenvalue weighted by Crippen LogP contribution is -2.43. The molecule has 0 aromatic heterocycles. The average molecular weight is 491 g/mol. The van der Waals surface area contributed by atoms with Gasteiger partial charge >= 0.3 is 0 Å². The number of hydrogen-bond donors (Lipinski definition) is 3. The standard InChI is InChI=1S/C24H34N4O5S/c1-2-17-16-18(17)24(31)27-34-21-8-4-3-6-19(21)26-10-13-33-15-14-32-12-9-22(29)28-11-5-7-20(28)23(25)30/h2-4,6,8,17-18,20,26H,1,5,7,9-16H2,(H2,25,30)(H,27,31)/t17-,18?,20?/m1/s1. The number of ether oxygens (including phenoxy) is 2. The molecule has 1 aliphatic carbocycles. The fourth-order valence-corrected chi connectivity index (χ4v) is 4.66. The number of nitrogens with zero attached hydrogens (tertiary/aromatic N) is 1. The summed E-state index contributed by atoms with van der Waals surface area (Å²) >= 11 is 1.31. The summed E-state index contributed by atoms with van der Waals surface area (Å²) < 4.78 is 14.0.